The molecule has 0 radical (unpaired) electrons. The summed E-state index contributed by atoms with van der Waals surface area (Å²) in [6, 6.07) is 5.42. The van der Waals surface area contributed by atoms with Gasteiger partial charge in [-0.2, -0.15) is 0 Å². The van der Waals surface area contributed by atoms with E-state index in [2.05, 4.69) is 15.2 Å². The molecule has 0 aromatic carbocycles. The highest BCUT2D eigenvalue weighted by Gasteiger charge is 2.18. The Bertz CT molecular complexity index is 635. The van der Waals surface area contributed by atoms with Crippen LogP contribution >= 0.6 is 11.6 Å². The first kappa shape index (κ1) is 13.9. The van der Waals surface area contributed by atoms with Gasteiger partial charge in [0.15, 0.2) is 0 Å². The van der Waals surface area contributed by atoms with Crippen LogP contribution in [0.15, 0.2) is 35.1 Å². The first-order chi connectivity index (χ1) is 10.3. The third kappa shape index (κ3) is 3.03. The minimum Gasteiger partial charge on any atom is -0.452 e. The van der Waals surface area contributed by atoms with E-state index in [1.165, 1.54) is 19.1 Å². The molecule has 110 valence electrons. The van der Waals surface area contributed by atoms with Gasteiger partial charge in [0.2, 0.25) is 5.22 Å². The fourth-order valence-corrected chi connectivity index (χ4v) is 2.71. The van der Waals surface area contributed by atoms with Gasteiger partial charge in [-0.3, -0.25) is 4.79 Å². The molecule has 1 N–H and O–H groups in total. The summed E-state index contributed by atoms with van der Waals surface area (Å²) in [5.74, 6) is 0.707. The van der Waals surface area contributed by atoms with E-state index >= 15 is 0 Å². The van der Waals surface area contributed by atoms with E-state index in [9.17, 15) is 4.79 Å². The Morgan fingerprint density at radius 3 is 2.90 bits per heavy atom. The maximum Gasteiger partial charge on any atom is 0.256 e. The van der Waals surface area contributed by atoms with Gasteiger partial charge in [0.05, 0.1) is 11.8 Å². The Labute approximate surface area is 127 Å². The molecule has 0 unspecified atom stereocenters. The number of carbonyl (C=O) groups is 1. The number of carbonyl (C=O) groups excluding carboxylic acids is 1. The number of rotatable bonds is 4. The molecule has 3 heterocycles. The first-order valence-corrected chi connectivity index (χ1v) is 7.33. The van der Waals surface area contributed by atoms with E-state index in [-0.39, 0.29) is 11.1 Å². The molecule has 0 aliphatic carbocycles. The molecule has 1 aliphatic heterocycles. The zero-order valence-corrected chi connectivity index (χ0v) is 12.3. The van der Waals surface area contributed by atoms with E-state index in [1.807, 2.05) is 12.1 Å². The summed E-state index contributed by atoms with van der Waals surface area (Å²) in [6.07, 6.45) is 5.56. The SMILES string of the molecule is O=C(NCc1cccnc1N1CCCC1)c1ccoc1Cl. The number of aromatic nitrogens is 1. The Hall–Kier alpha value is -2.01. The molecular formula is C15H16ClN3O2. The number of anilines is 1. The highest BCUT2D eigenvalue weighted by atomic mass is 35.5. The van der Waals surface area contributed by atoms with Gasteiger partial charge in [-0.25, -0.2) is 4.98 Å². The maximum atomic E-state index is 12.0. The predicted molar refractivity (Wildman–Crippen MR) is 80.6 cm³/mol. The van der Waals surface area contributed by atoms with Gasteiger partial charge in [0, 0.05) is 31.4 Å². The zero-order valence-electron chi connectivity index (χ0n) is 11.5. The molecule has 0 saturated carbocycles. The fourth-order valence-electron chi connectivity index (χ4n) is 2.51. The van der Waals surface area contributed by atoms with Crippen molar-refractivity contribution in [3.63, 3.8) is 0 Å². The number of nitrogens with zero attached hydrogens (tertiary/aromatic N) is 2. The normalized spacial score (nSPS) is 14.4. The standard InChI is InChI=1S/C15H16ClN3O2/c16-13-12(5-9-21-13)15(20)18-10-11-4-3-6-17-14(11)19-7-1-2-8-19/h3-6,9H,1-2,7-8,10H2,(H,18,20). The molecule has 1 aliphatic rings. The van der Waals surface area contributed by atoms with Gasteiger partial charge in [0.1, 0.15) is 5.82 Å². The van der Waals surface area contributed by atoms with Gasteiger partial charge in [-0.05, 0) is 36.6 Å². The van der Waals surface area contributed by atoms with Crippen molar-refractivity contribution >= 4 is 23.3 Å². The molecule has 1 amide bonds. The lowest BCUT2D eigenvalue weighted by Crippen LogP contribution is -2.26. The zero-order chi connectivity index (χ0) is 14.7. The topological polar surface area (TPSA) is 58.4 Å². The highest BCUT2D eigenvalue weighted by Crippen LogP contribution is 2.22. The van der Waals surface area contributed by atoms with E-state index in [1.54, 1.807) is 12.3 Å². The van der Waals surface area contributed by atoms with Crippen LogP contribution in [0.2, 0.25) is 5.22 Å². The minimum atomic E-state index is -0.245. The summed E-state index contributed by atoms with van der Waals surface area (Å²) in [5, 5.41) is 2.97. The summed E-state index contributed by atoms with van der Waals surface area (Å²) in [6.45, 7) is 2.46. The third-order valence-corrected chi connectivity index (χ3v) is 3.87. The molecule has 1 fully saturated rings. The Morgan fingerprint density at radius 1 is 1.38 bits per heavy atom. The molecule has 2 aromatic heterocycles. The molecule has 1 saturated heterocycles. The number of halogens is 1. The van der Waals surface area contributed by atoms with E-state index in [4.69, 9.17) is 16.0 Å². The second kappa shape index (κ2) is 6.18. The van der Waals surface area contributed by atoms with Gasteiger partial charge in [-0.1, -0.05) is 6.07 Å². The van der Waals surface area contributed by atoms with Crippen molar-refractivity contribution in [2.75, 3.05) is 18.0 Å². The number of amides is 1. The van der Waals surface area contributed by atoms with Crippen molar-refractivity contribution in [2.45, 2.75) is 19.4 Å². The summed E-state index contributed by atoms with van der Waals surface area (Å²) >= 11 is 5.80. The molecule has 3 rings (SSSR count). The van der Waals surface area contributed by atoms with Crippen LogP contribution in [0, 0.1) is 0 Å². The molecule has 2 aromatic rings. The quantitative estimate of drug-likeness (QED) is 0.943. The largest absolute Gasteiger partial charge is 0.452 e. The number of furan rings is 1. The lowest BCUT2D eigenvalue weighted by atomic mass is 10.2. The summed E-state index contributed by atoms with van der Waals surface area (Å²) < 4.78 is 4.93. The fraction of sp³-hybridized carbons (Fsp3) is 0.333. The second-order valence-electron chi connectivity index (χ2n) is 4.97. The number of hydrogen-bond acceptors (Lipinski definition) is 4. The minimum absolute atomic E-state index is 0.110. The predicted octanol–water partition coefficient (Wildman–Crippen LogP) is 2.86. The average Bonchev–Trinajstić information content (AvgIpc) is 3.16. The monoisotopic (exact) mass is 305 g/mol. The van der Waals surface area contributed by atoms with Crippen molar-refractivity contribution in [1.82, 2.24) is 10.3 Å². The van der Waals surface area contributed by atoms with E-state index in [0.29, 0.717) is 12.1 Å². The molecular weight excluding hydrogens is 290 g/mol. The maximum absolute atomic E-state index is 12.0. The molecule has 5 nitrogen and oxygen atoms in total. The molecule has 0 bridgehead atoms. The molecule has 6 heteroatoms. The number of hydrogen-bond donors (Lipinski definition) is 1. The van der Waals surface area contributed by atoms with Crippen LogP contribution in [0.5, 0.6) is 0 Å². The van der Waals surface area contributed by atoms with Crippen molar-refractivity contribution in [3.05, 3.63) is 47.0 Å². The highest BCUT2D eigenvalue weighted by molar-refractivity contribution is 6.32. The lowest BCUT2D eigenvalue weighted by Gasteiger charge is -2.19. The van der Waals surface area contributed by atoms with Crippen LogP contribution in [-0.4, -0.2) is 24.0 Å². The van der Waals surface area contributed by atoms with Gasteiger partial charge in [0.25, 0.3) is 5.91 Å². The Morgan fingerprint density at radius 2 is 2.19 bits per heavy atom. The Balaban J connectivity index is 1.70. The summed E-state index contributed by atoms with van der Waals surface area (Å²) in [7, 11) is 0. The molecule has 0 atom stereocenters. The van der Waals surface area contributed by atoms with Crippen LogP contribution in [0.25, 0.3) is 0 Å². The lowest BCUT2D eigenvalue weighted by molar-refractivity contribution is 0.0950. The van der Waals surface area contributed by atoms with E-state index in [0.717, 1.165) is 24.5 Å². The van der Waals surface area contributed by atoms with Crippen LogP contribution in [-0.2, 0) is 6.54 Å². The number of pyridine rings is 1. The van der Waals surface area contributed by atoms with Gasteiger partial charge in [-0.15, -0.1) is 0 Å². The van der Waals surface area contributed by atoms with Crippen LogP contribution in [0.1, 0.15) is 28.8 Å². The van der Waals surface area contributed by atoms with Crippen molar-refractivity contribution in [3.8, 4) is 0 Å². The smallest absolute Gasteiger partial charge is 0.256 e. The molecule has 0 spiro atoms. The van der Waals surface area contributed by atoms with Crippen molar-refractivity contribution in [1.29, 1.82) is 0 Å². The summed E-state index contributed by atoms with van der Waals surface area (Å²) in [4.78, 5) is 18.7. The first-order valence-electron chi connectivity index (χ1n) is 6.96. The van der Waals surface area contributed by atoms with Crippen molar-refractivity contribution in [2.24, 2.45) is 0 Å². The van der Waals surface area contributed by atoms with Gasteiger partial charge < -0.3 is 14.6 Å². The summed E-state index contributed by atoms with van der Waals surface area (Å²) in [5.41, 5.74) is 1.36. The van der Waals surface area contributed by atoms with Crippen LogP contribution < -0.4 is 10.2 Å². The Kier molecular flexibility index (Phi) is 4.10. The number of nitrogens with one attached hydrogen (secondary N) is 1. The average molecular weight is 306 g/mol. The van der Waals surface area contributed by atoms with Gasteiger partial charge >= 0.3 is 0 Å². The van der Waals surface area contributed by atoms with E-state index < -0.39 is 0 Å². The van der Waals surface area contributed by atoms with Crippen LogP contribution in [0.3, 0.4) is 0 Å². The third-order valence-electron chi connectivity index (χ3n) is 3.58. The van der Waals surface area contributed by atoms with Crippen LogP contribution in [0.4, 0.5) is 5.82 Å². The van der Waals surface area contributed by atoms with Crippen molar-refractivity contribution < 1.29 is 9.21 Å². The second-order valence-corrected chi connectivity index (χ2v) is 5.31. The molecule has 21 heavy (non-hydrogen) atoms.